The number of hydrogen-bond donors (Lipinski definition) is 0. The van der Waals surface area contributed by atoms with E-state index in [-0.39, 0.29) is 35.5 Å². The van der Waals surface area contributed by atoms with Gasteiger partial charge in [-0.2, -0.15) is 0 Å². The molecule has 0 bridgehead atoms. The molecule has 0 unspecified atom stereocenters. The molecule has 278 valence electrons. The Morgan fingerprint density at radius 2 is 1.71 bits per heavy atom. The van der Waals surface area contributed by atoms with Crippen LogP contribution in [0.2, 0.25) is 0 Å². The van der Waals surface area contributed by atoms with Gasteiger partial charge in [0, 0.05) is 44.4 Å². The van der Waals surface area contributed by atoms with Crippen LogP contribution in [0.5, 0.6) is 17.2 Å². The van der Waals surface area contributed by atoms with Crippen LogP contribution in [-0.4, -0.2) is 93.7 Å². The van der Waals surface area contributed by atoms with E-state index < -0.39 is 12.1 Å². The SMILES string of the molecule is COc1ccc(CC[C@@H](OC(=O)[C@@H]2CCCCN2C(=O)[C@H]2[C@@H]3CCCC[C@H]3C(=O)C[C@@H]2C)c2cccc(OCCN3CCOCC3)c2)cc1OC. The van der Waals surface area contributed by atoms with E-state index in [9.17, 15) is 14.4 Å². The predicted octanol–water partition coefficient (Wildman–Crippen LogP) is 6.04. The van der Waals surface area contributed by atoms with Gasteiger partial charge in [0.1, 0.15) is 30.3 Å². The Bertz CT molecular complexity index is 1490. The van der Waals surface area contributed by atoms with Crippen LogP contribution in [0.4, 0.5) is 0 Å². The second kappa shape index (κ2) is 17.7. The van der Waals surface area contributed by atoms with Gasteiger partial charge in [-0.05, 0) is 92.2 Å². The molecule has 0 radical (unpaired) electrons. The fourth-order valence-electron chi connectivity index (χ4n) is 8.83. The zero-order valence-electron chi connectivity index (χ0n) is 30.7. The molecule has 0 aromatic heterocycles. The molecule has 10 nitrogen and oxygen atoms in total. The minimum Gasteiger partial charge on any atom is -0.493 e. The lowest BCUT2D eigenvalue weighted by Crippen LogP contribution is -2.55. The molecule has 2 aliphatic heterocycles. The third kappa shape index (κ3) is 9.06. The minimum absolute atomic E-state index is 0.0246. The average molecular weight is 705 g/mol. The Balaban J connectivity index is 1.19. The molecule has 0 spiro atoms. The normalized spacial score (nSPS) is 26.1. The van der Waals surface area contributed by atoms with Gasteiger partial charge in [-0.3, -0.25) is 14.5 Å². The van der Waals surface area contributed by atoms with Gasteiger partial charge < -0.3 is 28.6 Å². The Morgan fingerprint density at radius 3 is 2.51 bits per heavy atom. The number of ether oxygens (including phenoxy) is 5. The number of morpholine rings is 1. The van der Waals surface area contributed by atoms with Crippen molar-refractivity contribution in [2.24, 2.45) is 23.7 Å². The van der Waals surface area contributed by atoms with Crippen molar-refractivity contribution in [1.82, 2.24) is 9.80 Å². The van der Waals surface area contributed by atoms with Crippen molar-refractivity contribution < 1.29 is 38.1 Å². The average Bonchev–Trinajstić information content (AvgIpc) is 3.16. The predicted molar refractivity (Wildman–Crippen MR) is 193 cm³/mol. The van der Waals surface area contributed by atoms with E-state index in [4.69, 9.17) is 23.7 Å². The highest BCUT2D eigenvalue weighted by molar-refractivity contribution is 5.90. The first-order valence-electron chi connectivity index (χ1n) is 19.1. The van der Waals surface area contributed by atoms with Crippen LogP contribution >= 0.6 is 0 Å². The van der Waals surface area contributed by atoms with Crippen LogP contribution in [0.25, 0.3) is 0 Å². The summed E-state index contributed by atoms with van der Waals surface area (Å²) in [5.74, 6) is 1.81. The molecular weight excluding hydrogens is 648 g/mol. The molecule has 51 heavy (non-hydrogen) atoms. The van der Waals surface area contributed by atoms with Crippen molar-refractivity contribution in [3.05, 3.63) is 53.6 Å². The Morgan fingerprint density at radius 1 is 0.922 bits per heavy atom. The van der Waals surface area contributed by atoms with Crippen molar-refractivity contribution >= 4 is 17.7 Å². The summed E-state index contributed by atoms with van der Waals surface area (Å²) in [4.78, 5) is 45.8. The number of aryl methyl sites for hydroxylation is 1. The molecular formula is C41H56N2O8. The number of esters is 1. The van der Waals surface area contributed by atoms with Crippen LogP contribution in [-0.2, 0) is 30.3 Å². The third-order valence-corrected chi connectivity index (χ3v) is 11.6. The fourth-order valence-corrected chi connectivity index (χ4v) is 8.83. The van der Waals surface area contributed by atoms with Gasteiger partial charge in [0.15, 0.2) is 11.5 Å². The number of piperidine rings is 1. The molecule has 6 atom stereocenters. The van der Waals surface area contributed by atoms with E-state index >= 15 is 0 Å². The quantitative estimate of drug-likeness (QED) is 0.231. The molecule has 2 saturated heterocycles. The van der Waals surface area contributed by atoms with E-state index in [2.05, 4.69) is 4.90 Å². The molecule has 2 heterocycles. The van der Waals surface area contributed by atoms with Crippen molar-refractivity contribution in [1.29, 1.82) is 0 Å². The molecule has 2 aromatic rings. The van der Waals surface area contributed by atoms with Crippen molar-refractivity contribution in [3.8, 4) is 17.2 Å². The summed E-state index contributed by atoms with van der Waals surface area (Å²) in [7, 11) is 3.23. The zero-order chi connectivity index (χ0) is 35.7. The third-order valence-electron chi connectivity index (χ3n) is 11.6. The Kier molecular flexibility index (Phi) is 12.9. The highest BCUT2D eigenvalue weighted by Crippen LogP contribution is 2.46. The number of fused-ring (bicyclic) bond motifs is 1. The molecule has 4 aliphatic rings. The summed E-state index contributed by atoms with van der Waals surface area (Å²) in [6.07, 6.45) is 7.23. The summed E-state index contributed by atoms with van der Waals surface area (Å²) < 4.78 is 29.1. The summed E-state index contributed by atoms with van der Waals surface area (Å²) in [6.45, 7) is 7.23. The molecule has 2 aliphatic carbocycles. The number of methoxy groups -OCH3 is 2. The number of nitrogens with zero attached hydrogens (tertiary/aromatic N) is 2. The monoisotopic (exact) mass is 704 g/mol. The number of carbonyl (C=O) groups is 3. The van der Waals surface area contributed by atoms with Gasteiger partial charge >= 0.3 is 5.97 Å². The van der Waals surface area contributed by atoms with E-state index in [1.807, 2.05) is 54.3 Å². The second-order valence-electron chi connectivity index (χ2n) is 14.8. The number of benzene rings is 2. The van der Waals surface area contributed by atoms with E-state index in [1.54, 1.807) is 14.2 Å². The van der Waals surface area contributed by atoms with Gasteiger partial charge in [-0.1, -0.05) is 38.0 Å². The van der Waals surface area contributed by atoms with Gasteiger partial charge in [-0.25, -0.2) is 4.79 Å². The van der Waals surface area contributed by atoms with Crippen molar-refractivity contribution in [2.75, 3.05) is 60.2 Å². The molecule has 4 fully saturated rings. The van der Waals surface area contributed by atoms with Gasteiger partial charge in [0.05, 0.1) is 27.4 Å². The second-order valence-corrected chi connectivity index (χ2v) is 14.8. The Hall–Kier alpha value is -3.63. The van der Waals surface area contributed by atoms with E-state index in [0.29, 0.717) is 56.1 Å². The van der Waals surface area contributed by atoms with Crippen molar-refractivity contribution in [3.63, 3.8) is 0 Å². The van der Waals surface area contributed by atoms with Crippen LogP contribution in [0.1, 0.15) is 81.9 Å². The zero-order valence-corrected chi connectivity index (χ0v) is 30.7. The highest BCUT2D eigenvalue weighted by atomic mass is 16.5. The minimum atomic E-state index is -0.644. The number of ketones is 1. The standard InChI is InChI=1S/C41H56N2O8/c1-28-25-35(44)32-11-4-5-12-33(32)39(28)40(45)43-18-7-6-13-34(43)41(46)51-36(16-14-29-15-17-37(47-2)38(26-29)48-3)30-9-8-10-31(27-30)50-24-21-42-19-22-49-23-20-42/h8-10,15,17,26-28,32-34,36,39H,4-7,11-14,16,18-25H2,1-3H3/t28-,32+,33+,34-,36+,39+/m0/s1. The van der Waals surface area contributed by atoms with Gasteiger partial charge in [0.25, 0.3) is 0 Å². The first kappa shape index (κ1) is 37.1. The number of hydrogen-bond acceptors (Lipinski definition) is 9. The first-order valence-corrected chi connectivity index (χ1v) is 19.1. The van der Waals surface area contributed by atoms with E-state index in [1.165, 1.54) is 0 Å². The lowest BCUT2D eigenvalue weighted by molar-refractivity contribution is -0.166. The maximum atomic E-state index is 14.4. The van der Waals surface area contributed by atoms with Crippen LogP contribution in [0.3, 0.4) is 0 Å². The number of Topliss-reactive ketones (excluding diaryl/α,β-unsaturated/α-hetero) is 1. The molecule has 2 saturated carbocycles. The highest BCUT2D eigenvalue weighted by Gasteiger charge is 2.49. The van der Waals surface area contributed by atoms with Crippen LogP contribution < -0.4 is 14.2 Å². The fraction of sp³-hybridized carbons (Fsp3) is 0.634. The Labute approximate surface area is 303 Å². The van der Waals surface area contributed by atoms with E-state index in [0.717, 1.165) is 88.2 Å². The molecule has 2 aromatic carbocycles. The summed E-state index contributed by atoms with van der Waals surface area (Å²) >= 11 is 0. The lowest BCUT2D eigenvalue weighted by atomic mass is 9.61. The summed E-state index contributed by atoms with van der Waals surface area (Å²) in [5, 5.41) is 0. The van der Waals surface area contributed by atoms with Crippen LogP contribution in [0, 0.1) is 23.7 Å². The lowest BCUT2D eigenvalue weighted by Gasteiger charge is -2.46. The number of rotatable bonds is 13. The smallest absolute Gasteiger partial charge is 0.329 e. The maximum Gasteiger partial charge on any atom is 0.329 e. The van der Waals surface area contributed by atoms with Gasteiger partial charge in [-0.15, -0.1) is 0 Å². The van der Waals surface area contributed by atoms with Crippen LogP contribution in [0.15, 0.2) is 42.5 Å². The molecule has 10 heteroatoms. The van der Waals surface area contributed by atoms with Gasteiger partial charge in [0.2, 0.25) is 5.91 Å². The molecule has 6 rings (SSSR count). The number of likely N-dealkylation sites (tertiary alicyclic amines) is 1. The first-order chi connectivity index (χ1) is 24.9. The molecule has 0 N–H and O–H groups in total. The number of amides is 1. The molecule has 1 amide bonds. The summed E-state index contributed by atoms with van der Waals surface area (Å²) in [5.41, 5.74) is 1.88. The largest absolute Gasteiger partial charge is 0.493 e. The maximum absolute atomic E-state index is 14.4. The number of carbonyl (C=O) groups excluding carboxylic acids is 3. The topological polar surface area (TPSA) is 104 Å². The van der Waals surface area contributed by atoms with Crippen molar-refractivity contribution in [2.45, 2.75) is 83.3 Å². The summed E-state index contributed by atoms with van der Waals surface area (Å²) in [6, 6.07) is 13.0.